The molecule has 25 heavy (non-hydrogen) atoms. The highest BCUT2D eigenvalue weighted by Gasteiger charge is 2.40. The van der Waals surface area contributed by atoms with E-state index in [4.69, 9.17) is 0 Å². The van der Waals surface area contributed by atoms with Crippen LogP contribution in [0.4, 0.5) is 10.5 Å². The van der Waals surface area contributed by atoms with E-state index in [0.717, 1.165) is 57.7 Å². The summed E-state index contributed by atoms with van der Waals surface area (Å²) in [5.41, 5.74) is 2.19. The predicted molar refractivity (Wildman–Crippen MR) is 96.6 cm³/mol. The van der Waals surface area contributed by atoms with Crippen molar-refractivity contribution in [1.82, 2.24) is 15.1 Å². The molecule has 0 radical (unpaired) electrons. The molecular formula is C19H26N4O2. The number of hydrogen-bond acceptors (Lipinski definition) is 3. The van der Waals surface area contributed by atoms with Crippen LogP contribution in [0.1, 0.15) is 24.8 Å². The van der Waals surface area contributed by atoms with Crippen molar-refractivity contribution in [1.29, 1.82) is 0 Å². The molecule has 3 heterocycles. The molecule has 0 bridgehead atoms. The van der Waals surface area contributed by atoms with Crippen LogP contribution in [-0.2, 0) is 4.79 Å². The molecule has 3 amide bonds. The van der Waals surface area contributed by atoms with E-state index in [2.05, 4.69) is 29.3 Å². The molecule has 3 aliphatic rings. The fourth-order valence-corrected chi connectivity index (χ4v) is 4.34. The number of likely N-dealkylation sites (tertiary alicyclic amines) is 1. The van der Waals surface area contributed by atoms with Gasteiger partial charge in [-0.3, -0.25) is 9.69 Å². The monoisotopic (exact) mass is 342 g/mol. The third kappa shape index (κ3) is 3.11. The maximum absolute atomic E-state index is 13.0. The van der Waals surface area contributed by atoms with Gasteiger partial charge in [0, 0.05) is 37.9 Å². The molecule has 3 saturated heterocycles. The third-order valence-electron chi connectivity index (χ3n) is 5.72. The van der Waals surface area contributed by atoms with Gasteiger partial charge in [-0.25, -0.2) is 4.79 Å². The number of benzene rings is 1. The minimum atomic E-state index is -0.0465. The molecular weight excluding hydrogens is 316 g/mol. The highest BCUT2D eigenvalue weighted by molar-refractivity contribution is 5.99. The number of nitrogens with zero attached hydrogens (tertiary/aromatic N) is 3. The first kappa shape index (κ1) is 16.4. The summed E-state index contributed by atoms with van der Waals surface area (Å²) in [6.45, 7) is 6.11. The molecule has 6 nitrogen and oxygen atoms in total. The lowest BCUT2D eigenvalue weighted by Crippen LogP contribution is -2.53. The second kappa shape index (κ2) is 6.67. The van der Waals surface area contributed by atoms with Gasteiger partial charge in [0.25, 0.3) is 0 Å². The maximum atomic E-state index is 13.0. The van der Waals surface area contributed by atoms with Crippen LogP contribution in [0.2, 0.25) is 0 Å². The molecule has 0 spiro atoms. The normalized spacial score (nSPS) is 27.9. The molecule has 0 unspecified atom stereocenters. The lowest BCUT2D eigenvalue weighted by molar-refractivity contribution is -0.122. The van der Waals surface area contributed by atoms with Gasteiger partial charge in [-0.1, -0.05) is 17.7 Å². The molecule has 0 aromatic heterocycles. The minimum Gasteiger partial charge on any atom is -0.336 e. The zero-order chi connectivity index (χ0) is 17.4. The first-order valence-electron chi connectivity index (χ1n) is 9.30. The standard InChI is InChI=1S/C19H26N4O2/c1-14-4-6-15(7-5-14)22-11-8-17(18(22)24)21-10-2-3-16(13-21)23-12-9-20-19(23)25/h4-7,16-17H,2-3,8-13H2,1H3,(H,20,25)/t16-,17+/m1/s1. The Hall–Kier alpha value is -2.08. The van der Waals surface area contributed by atoms with Gasteiger partial charge in [-0.2, -0.15) is 0 Å². The number of nitrogens with one attached hydrogen (secondary N) is 1. The molecule has 134 valence electrons. The maximum Gasteiger partial charge on any atom is 0.317 e. The van der Waals surface area contributed by atoms with Crippen molar-refractivity contribution in [2.24, 2.45) is 0 Å². The molecule has 0 aliphatic carbocycles. The smallest absolute Gasteiger partial charge is 0.317 e. The van der Waals surface area contributed by atoms with Crippen molar-refractivity contribution >= 4 is 17.6 Å². The number of anilines is 1. The van der Waals surface area contributed by atoms with E-state index >= 15 is 0 Å². The molecule has 6 heteroatoms. The number of carbonyl (C=O) groups excluding carboxylic acids is 2. The average Bonchev–Trinajstić information content (AvgIpc) is 3.22. The Labute approximate surface area is 148 Å². The zero-order valence-corrected chi connectivity index (χ0v) is 14.8. The molecule has 4 rings (SSSR count). The van der Waals surface area contributed by atoms with Crippen molar-refractivity contribution in [2.45, 2.75) is 38.3 Å². The van der Waals surface area contributed by atoms with Crippen LogP contribution in [0, 0.1) is 6.92 Å². The van der Waals surface area contributed by atoms with Gasteiger partial charge >= 0.3 is 6.03 Å². The van der Waals surface area contributed by atoms with Crippen molar-refractivity contribution in [3.63, 3.8) is 0 Å². The summed E-state index contributed by atoms with van der Waals surface area (Å²) in [6, 6.07) is 8.41. The first-order valence-corrected chi connectivity index (χ1v) is 9.30. The fourth-order valence-electron chi connectivity index (χ4n) is 4.34. The summed E-state index contributed by atoms with van der Waals surface area (Å²) >= 11 is 0. The quantitative estimate of drug-likeness (QED) is 0.908. The van der Waals surface area contributed by atoms with Crippen LogP contribution in [0.15, 0.2) is 24.3 Å². The van der Waals surface area contributed by atoms with E-state index in [-0.39, 0.29) is 24.0 Å². The Balaban J connectivity index is 1.44. The van der Waals surface area contributed by atoms with Gasteiger partial charge in [0.1, 0.15) is 0 Å². The molecule has 1 aromatic carbocycles. The van der Waals surface area contributed by atoms with E-state index in [1.54, 1.807) is 0 Å². The number of amides is 3. The van der Waals surface area contributed by atoms with Crippen LogP contribution < -0.4 is 10.2 Å². The zero-order valence-electron chi connectivity index (χ0n) is 14.8. The molecule has 3 fully saturated rings. The summed E-state index contributed by atoms with van der Waals surface area (Å²) < 4.78 is 0. The Morgan fingerprint density at radius 1 is 1.04 bits per heavy atom. The van der Waals surface area contributed by atoms with E-state index in [1.165, 1.54) is 5.56 Å². The minimum absolute atomic E-state index is 0.0465. The lowest BCUT2D eigenvalue weighted by atomic mass is 10.0. The van der Waals surface area contributed by atoms with Gasteiger partial charge in [-0.15, -0.1) is 0 Å². The molecule has 3 aliphatic heterocycles. The second-order valence-corrected chi connectivity index (χ2v) is 7.35. The van der Waals surface area contributed by atoms with Gasteiger partial charge < -0.3 is 15.1 Å². The number of aryl methyl sites for hydroxylation is 1. The van der Waals surface area contributed by atoms with Crippen LogP contribution in [-0.4, -0.2) is 66.5 Å². The second-order valence-electron chi connectivity index (χ2n) is 7.35. The predicted octanol–water partition coefficient (Wildman–Crippen LogP) is 1.59. The van der Waals surface area contributed by atoms with Crippen LogP contribution >= 0.6 is 0 Å². The summed E-state index contributed by atoms with van der Waals surface area (Å²) in [5.74, 6) is 0.204. The van der Waals surface area contributed by atoms with Crippen molar-refractivity contribution in [3.05, 3.63) is 29.8 Å². The number of urea groups is 1. The number of hydrogen-bond donors (Lipinski definition) is 1. The van der Waals surface area contributed by atoms with Crippen LogP contribution in [0.25, 0.3) is 0 Å². The Bertz CT molecular complexity index is 660. The Kier molecular flexibility index (Phi) is 4.37. The Morgan fingerprint density at radius 2 is 1.84 bits per heavy atom. The SMILES string of the molecule is Cc1ccc(N2CC[C@H](N3CCC[C@@H](N4CCNC4=O)C3)C2=O)cc1. The Morgan fingerprint density at radius 3 is 2.56 bits per heavy atom. The van der Waals surface area contributed by atoms with Crippen molar-refractivity contribution in [2.75, 3.05) is 37.6 Å². The van der Waals surface area contributed by atoms with Gasteiger partial charge in [0.15, 0.2) is 0 Å². The molecule has 1 N–H and O–H groups in total. The highest BCUT2D eigenvalue weighted by atomic mass is 16.2. The summed E-state index contributed by atoms with van der Waals surface area (Å²) in [6.07, 6.45) is 2.95. The van der Waals surface area contributed by atoms with E-state index < -0.39 is 0 Å². The largest absolute Gasteiger partial charge is 0.336 e. The summed E-state index contributed by atoms with van der Waals surface area (Å²) in [7, 11) is 0. The molecule has 2 atom stereocenters. The summed E-state index contributed by atoms with van der Waals surface area (Å²) in [5, 5.41) is 2.89. The lowest BCUT2D eigenvalue weighted by Gasteiger charge is -2.39. The average molecular weight is 342 g/mol. The van der Waals surface area contributed by atoms with E-state index in [9.17, 15) is 9.59 Å². The van der Waals surface area contributed by atoms with E-state index in [0.29, 0.717) is 0 Å². The van der Waals surface area contributed by atoms with Crippen LogP contribution in [0.5, 0.6) is 0 Å². The first-order chi connectivity index (χ1) is 12.1. The highest BCUT2D eigenvalue weighted by Crippen LogP contribution is 2.28. The molecule has 1 aromatic rings. The number of piperidine rings is 1. The third-order valence-corrected chi connectivity index (χ3v) is 5.72. The van der Waals surface area contributed by atoms with Gasteiger partial charge in [0.2, 0.25) is 5.91 Å². The molecule has 0 saturated carbocycles. The topological polar surface area (TPSA) is 55.9 Å². The van der Waals surface area contributed by atoms with E-state index in [1.807, 2.05) is 21.9 Å². The van der Waals surface area contributed by atoms with Crippen molar-refractivity contribution < 1.29 is 9.59 Å². The summed E-state index contributed by atoms with van der Waals surface area (Å²) in [4.78, 5) is 31.1. The number of rotatable bonds is 3. The fraction of sp³-hybridized carbons (Fsp3) is 0.579. The van der Waals surface area contributed by atoms with Crippen molar-refractivity contribution in [3.8, 4) is 0 Å². The van der Waals surface area contributed by atoms with Gasteiger partial charge in [0.05, 0.1) is 6.04 Å². The van der Waals surface area contributed by atoms with Gasteiger partial charge in [-0.05, 0) is 44.9 Å². The van der Waals surface area contributed by atoms with Crippen LogP contribution in [0.3, 0.4) is 0 Å². The number of carbonyl (C=O) groups is 2.